The molecule has 1 aromatic heterocycles. The fourth-order valence-corrected chi connectivity index (χ4v) is 5.30. The first kappa shape index (κ1) is 25.5. The van der Waals surface area contributed by atoms with Gasteiger partial charge < -0.3 is 20.2 Å². The molecule has 0 aromatic carbocycles. The normalized spacial score (nSPS) is 25.6. The van der Waals surface area contributed by atoms with Crippen LogP contribution in [0.15, 0.2) is 17.7 Å². The van der Waals surface area contributed by atoms with E-state index in [2.05, 4.69) is 24.8 Å². The van der Waals surface area contributed by atoms with Crippen molar-refractivity contribution in [1.82, 2.24) is 0 Å². The Labute approximate surface area is 200 Å². The number of aliphatic hydroxyl groups excluding tert-OH is 1. The summed E-state index contributed by atoms with van der Waals surface area (Å²) in [6.45, 7) is 7.73. The van der Waals surface area contributed by atoms with Gasteiger partial charge in [0, 0.05) is 17.4 Å². The molecule has 0 radical (unpaired) electrons. The summed E-state index contributed by atoms with van der Waals surface area (Å²) in [7, 11) is 0. The number of allylic oxidation sites excluding steroid dienone is 2. The molecule has 1 aromatic rings. The monoisotopic (exact) mass is 473 g/mol. The van der Waals surface area contributed by atoms with Crippen LogP contribution in [0.2, 0.25) is 0 Å². The third-order valence-corrected chi connectivity index (χ3v) is 7.52. The minimum atomic E-state index is -1.14. The van der Waals surface area contributed by atoms with Crippen LogP contribution in [0.1, 0.15) is 87.2 Å². The van der Waals surface area contributed by atoms with Gasteiger partial charge in [-0.25, -0.2) is 4.79 Å². The highest BCUT2D eigenvalue weighted by Gasteiger charge is 2.40. The topological polar surface area (TPSA) is 98.1 Å². The minimum Gasteiger partial charge on any atom is -0.477 e. The molecule has 3 N–H and O–H groups in total. The number of amides is 1. The van der Waals surface area contributed by atoms with Crippen molar-refractivity contribution >= 4 is 28.9 Å². The van der Waals surface area contributed by atoms with Gasteiger partial charge >= 0.3 is 5.97 Å². The highest BCUT2D eigenvalue weighted by Crippen LogP contribution is 2.39. The molecule has 2 aliphatic carbocycles. The number of nitrogens with zero attached hydrogens (tertiary/aromatic N) is 1. The van der Waals surface area contributed by atoms with E-state index in [9.17, 15) is 24.9 Å². The van der Waals surface area contributed by atoms with E-state index in [0.717, 1.165) is 24.2 Å². The Kier molecular flexibility index (Phi) is 7.73. The average molecular weight is 474 g/mol. The predicted molar refractivity (Wildman–Crippen MR) is 130 cm³/mol. The summed E-state index contributed by atoms with van der Waals surface area (Å²) in [5.41, 5.74) is 0.316. The SMILES string of the molecule is CC1=CC[C@H](C(=O)N(c2cc(C#CC(C)(C)C)sc2C(=O)O)C2CCC(O)(CO)CC2)CC1. The van der Waals surface area contributed by atoms with Gasteiger partial charge in [0.15, 0.2) is 0 Å². The van der Waals surface area contributed by atoms with Crippen molar-refractivity contribution in [3.05, 3.63) is 27.5 Å². The molecule has 1 fully saturated rings. The van der Waals surface area contributed by atoms with Crippen molar-refractivity contribution in [2.45, 2.75) is 84.3 Å². The number of aromatic carboxylic acids is 1. The maximum atomic E-state index is 13.8. The van der Waals surface area contributed by atoms with Gasteiger partial charge in [0.25, 0.3) is 0 Å². The molecule has 7 heteroatoms. The van der Waals surface area contributed by atoms with Crippen LogP contribution < -0.4 is 4.90 Å². The van der Waals surface area contributed by atoms with E-state index in [1.54, 1.807) is 11.0 Å². The van der Waals surface area contributed by atoms with E-state index in [4.69, 9.17) is 0 Å². The number of carbonyl (C=O) groups is 2. The first-order chi connectivity index (χ1) is 15.4. The van der Waals surface area contributed by atoms with Crippen molar-refractivity contribution in [2.75, 3.05) is 11.5 Å². The fourth-order valence-electron chi connectivity index (χ4n) is 4.46. The molecule has 1 heterocycles. The number of hydrogen-bond donors (Lipinski definition) is 3. The van der Waals surface area contributed by atoms with E-state index in [1.165, 1.54) is 5.57 Å². The van der Waals surface area contributed by atoms with E-state index in [0.29, 0.717) is 42.7 Å². The Hall–Kier alpha value is -2.14. The highest BCUT2D eigenvalue weighted by atomic mass is 32.1. The van der Waals surface area contributed by atoms with Crippen LogP contribution in [0.4, 0.5) is 5.69 Å². The van der Waals surface area contributed by atoms with Crippen molar-refractivity contribution < 1.29 is 24.9 Å². The molecule has 0 spiro atoms. The molecule has 33 heavy (non-hydrogen) atoms. The summed E-state index contributed by atoms with van der Waals surface area (Å²) in [5.74, 6) is 4.91. The minimum absolute atomic E-state index is 0.0613. The molecule has 0 unspecified atom stereocenters. The first-order valence-corrected chi connectivity index (χ1v) is 12.5. The molecular formula is C26H35NO5S. The van der Waals surface area contributed by atoms with Crippen LogP contribution in [-0.2, 0) is 4.79 Å². The largest absolute Gasteiger partial charge is 0.477 e. The smallest absolute Gasteiger partial charge is 0.348 e. The van der Waals surface area contributed by atoms with Gasteiger partial charge in [-0.2, -0.15) is 0 Å². The molecule has 1 saturated carbocycles. The Bertz CT molecular complexity index is 983. The summed E-state index contributed by atoms with van der Waals surface area (Å²) < 4.78 is 0. The zero-order valence-electron chi connectivity index (χ0n) is 20.0. The molecular weight excluding hydrogens is 438 g/mol. The molecule has 0 bridgehead atoms. The second kappa shape index (κ2) is 10.0. The summed E-state index contributed by atoms with van der Waals surface area (Å²) in [6.07, 6.45) is 6.09. The first-order valence-electron chi connectivity index (χ1n) is 11.6. The number of carbonyl (C=O) groups excluding carboxylic acids is 1. The predicted octanol–water partition coefficient (Wildman–Crippen LogP) is 4.59. The van der Waals surface area contributed by atoms with Crippen LogP contribution in [-0.4, -0.2) is 45.4 Å². The average Bonchev–Trinajstić information content (AvgIpc) is 3.18. The molecule has 1 amide bonds. The van der Waals surface area contributed by atoms with Crippen LogP contribution in [0.3, 0.4) is 0 Å². The lowest BCUT2D eigenvalue weighted by Crippen LogP contribution is -2.49. The van der Waals surface area contributed by atoms with E-state index < -0.39 is 11.6 Å². The van der Waals surface area contributed by atoms with E-state index in [-0.39, 0.29) is 34.8 Å². The standard InChI is InChI=1S/C26H35NO5S/c1-17-5-7-18(8-6-17)23(29)27(19-9-13-26(32,16-28)14-10-19)21-15-20(11-12-25(2,3)4)33-22(21)24(30)31/h5,15,18-19,28,32H,6-10,13-14,16H2,1-4H3,(H,30,31)/t18-,19?,26?/m0/s1. The number of carboxylic acid groups (broad SMARTS) is 1. The summed E-state index contributed by atoms with van der Waals surface area (Å²) in [4.78, 5) is 28.4. The zero-order valence-corrected chi connectivity index (χ0v) is 20.8. The van der Waals surface area contributed by atoms with Crippen LogP contribution in [0, 0.1) is 23.2 Å². The summed E-state index contributed by atoms with van der Waals surface area (Å²) in [5, 5.41) is 30.0. The Morgan fingerprint density at radius 3 is 2.42 bits per heavy atom. The van der Waals surface area contributed by atoms with Crippen LogP contribution in [0.5, 0.6) is 0 Å². The number of anilines is 1. The van der Waals surface area contributed by atoms with E-state index >= 15 is 0 Å². The summed E-state index contributed by atoms with van der Waals surface area (Å²) in [6, 6.07) is 1.51. The third kappa shape index (κ3) is 6.26. The van der Waals surface area contributed by atoms with Gasteiger partial charge in [-0.1, -0.05) is 23.5 Å². The number of hydrogen-bond acceptors (Lipinski definition) is 5. The van der Waals surface area contributed by atoms with Gasteiger partial charge in [-0.15, -0.1) is 11.3 Å². The van der Waals surface area contributed by atoms with Gasteiger partial charge in [-0.3, -0.25) is 4.79 Å². The van der Waals surface area contributed by atoms with Crippen molar-refractivity contribution in [3.8, 4) is 11.8 Å². The lowest BCUT2D eigenvalue weighted by atomic mass is 9.81. The second-order valence-electron chi connectivity index (χ2n) is 10.5. The Morgan fingerprint density at radius 2 is 1.91 bits per heavy atom. The number of carboxylic acids is 1. The molecule has 0 aliphatic heterocycles. The maximum absolute atomic E-state index is 13.8. The van der Waals surface area contributed by atoms with Gasteiger partial charge in [0.2, 0.25) is 5.91 Å². The molecule has 1 atom stereocenters. The lowest BCUT2D eigenvalue weighted by Gasteiger charge is -2.41. The van der Waals surface area contributed by atoms with Crippen molar-refractivity contribution in [2.24, 2.45) is 11.3 Å². The zero-order chi connectivity index (χ0) is 24.4. The quantitative estimate of drug-likeness (QED) is 0.429. The van der Waals surface area contributed by atoms with Gasteiger partial charge in [0.1, 0.15) is 4.88 Å². The second-order valence-corrected chi connectivity index (χ2v) is 11.5. The number of aliphatic hydroxyl groups is 2. The molecule has 180 valence electrons. The van der Waals surface area contributed by atoms with E-state index in [1.807, 2.05) is 20.8 Å². The Morgan fingerprint density at radius 1 is 1.24 bits per heavy atom. The Balaban J connectivity index is 2.01. The number of thiophene rings is 1. The van der Waals surface area contributed by atoms with Gasteiger partial charge in [0.05, 0.1) is 22.8 Å². The third-order valence-electron chi connectivity index (χ3n) is 6.50. The maximum Gasteiger partial charge on any atom is 0.348 e. The molecule has 6 nitrogen and oxygen atoms in total. The van der Waals surface area contributed by atoms with Gasteiger partial charge in [-0.05, 0) is 78.7 Å². The van der Waals surface area contributed by atoms with Crippen LogP contribution in [0.25, 0.3) is 0 Å². The van der Waals surface area contributed by atoms with Crippen molar-refractivity contribution in [1.29, 1.82) is 0 Å². The lowest BCUT2D eigenvalue weighted by molar-refractivity contribution is -0.123. The van der Waals surface area contributed by atoms with Crippen molar-refractivity contribution in [3.63, 3.8) is 0 Å². The summed E-state index contributed by atoms with van der Waals surface area (Å²) >= 11 is 1.10. The molecule has 0 saturated heterocycles. The number of rotatable bonds is 5. The highest BCUT2D eigenvalue weighted by molar-refractivity contribution is 7.15. The molecule has 3 rings (SSSR count). The van der Waals surface area contributed by atoms with Crippen LogP contribution >= 0.6 is 11.3 Å². The molecule has 2 aliphatic rings. The fraction of sp³-hybridized carbons (Fsp3) is 0.615.